The van der Waals surface area contributed by atoms with Gasteiger partial charge in [-0.05, 0) is 18.2 Å². The highest BCUT2D eigenvalue weighted by Crippen LogP contribution is 2.15. The van der Waals surface area contributed by atoms with Crippen LogP contribution in [0.2, 0.25) is 0 Å². The number of carbonyl (C=O) groups excluding carboxylic acids is 2. The molecule has 108 valence electrons. The molecule has 0 radical (unpaired) electrons. The molecular formula is C13H15F2N3O2. The minimum atomic E-state index is -0.800. The molecule has 0 aromatic heterocycles. The number of amides is 2. The van der Waals surface area contributed by atoms with Crippen molar-refractivity contribution >= 4 is 11.8 Å². The van der Waals surface area contributed by atoms with Crippen LogP contribution in [-0.2, 0) is 4.79 Å². The van der Waals surface area contributed by atoms with E-state index in [-0.39, 0.29) is 24.6 Å². The number of carbonyl (C=O) groups is 2. The van der Waals surface area contributed by atoms with E-state index in [0.717, 1.165) is 18.2 Å². The zero-order chi connectivity index (χ0) is 14.7. The lowest BCUT2D eigenvalue weighted by Gasteiger charge is -2.35. The van der Waals surface area contributed by atoms with Gasteiger partial charge in [0.2, 0.25) is 5.91 Å². The van der Waals surface area contributed by atoms with Gasteiger partial charge in [0.25, 0.3) is 5.91 Å². The molecule has 1 fully saturated rings. The number of hydrogen-bond acceptors (Lipinski definition) is 3. The van der Waals surface area contributed by atoms with Gasteiger partial charge in [-0.3, -0.25) is 9.59 Å². The topological polar surface area (TPSA) is 61.4 Å². The summed E-state index contributed by atoms with van der Waals surface area (Å²) in [6.45, 7) is 1.03. The average Bonchev–Trinajstić information content (AvgIpc) is 2.48. The van der Waals surface area contributed by atoms with Crippen molar-refractivity contribution in [2.75, 3.05) is 26.7 Å². The largest absolute Gasteiger partial charge is 0.357 e. The second-order valence-corrected chi connectivity index (χ2v) is 4.46. The third-order valence-corrected chi connectivity index (χ3v) is 3.21. The fourth-order valence-electron chi connectivity index (χ4n) is 2.16. The van der Waals surface area contributed by atoms with Crippen molar-refractivity contribution in [3.05, 3.63) is 35.4 Å². The summed E-state index contributed by atoms with van der Waals surface area (Å²) in [5.41, 5.74) is -0.360. The summed E-state index contributed by atoms with van der Waals surface area (Å²) in [6.07, 6.45) is 0. The molecule has 1 heterocycles. The number of benzene rings is 1. The number of hydrogen-bond donors (Lipinski definition) is 2. The molecule has 5 nitrogen and oxygen atoms in total. The molecule has 1 aliphatic rings. The molecule has 0 saturated carbocycles. The van der Waals surface area contributed by atoms with E-state index in [1.165, 1.54) is 11.9 Å². The van der Waals surface area contributed by atoms with Crippen LogP contribution < -0.4 is 10.6 Å². The molecule has 2 rings (SSSR count). The number of nitrogens with zero attached hydrogens (tertiary/aromatic N) is 1. The molecule has 1 aliphatic heterocycles. The van der Waals surface area contributed by atoms with Gasteiger partial charge in [0, 0.05) is 26.7 Å². The number of likely N-dealkylation sites (N-methyl/N-ethyl adjacent to an activating group) is 1. The van der Waals surface area contributed by atoms with E-state index in [9.17, 15) is 18.4 Å². The maximum atomic E-state index is 13.7. The third-order valence-electron chi connectivity index (χ3n) is 3.21. The Hall–Kier alpha value is -2.02. The van der Waals surface area contributed by atoms with E-state index in [2.05, 4.69) is 10.6 Å². The van der Waals surface area contributed by atoms with Gasteiger partial charge in [-0.2, -0.15) is 0 Å². The van der Waals surface area contributed by atoms with Crippen molar-refractivity contribution in [1.29, 1.82) is 0 Å². The van der Waals surface area contributed by atoms with Gasteiger partial charge in [-0.25, -0.2) is 8.78 Å². The predicted molar refractivity (Wildman–Crippen MR) is 68.1 cm³/mol. The van der Waals surface area contributed by atoms with Crippen LogP contribution in [0.25, 0.3) is 0 Å². The molecule has 7 heteroatoms. The zero-order valence-corrected chi connectivity index (χ0v) is 11.0. The van der Waals surface area contributed by atoms with Crippen molar-refractivity contribution in [2.45, 2.75) is 6.04 Å². The fraction of sp³-hybridized carbons (Fsp3) is 0.385. The Morgan fingerprint density at radius 2 is 2.15 bits per heavy atom. The Labute approximate surface area is 114 Å². The molecule has 20 heavy (non-hydrogen) atoms. The lowest BCUT2D eigenvalue weighted by atomic mass is 10.1. The summed E-state index contributed by atoms with van der Waals surface area (Å²) in [6, 6.07) is 1.96. The van der Waals surface area contributed by atoms with Gasteiger partial charge in [0.15, 0.2) is 0 Å². The van der Waals surface area contributed by atoms with Crippen LogP contribution in [0.3, 0.4) is 0 Å². The lowest BCUT2D eigenvalue weighted by molar-refractivity contribution is -0.125. The Morgan fingerprint density at radius 3 is 2.85 bits per heavy atom. The third kappa shape index (κ3) is 2.77. The summed E-state index contributed by atoms with van der Waals surface area (Å²) in [7, 11) is 1.46. The quantitative estimate of drug-likeness (QED) is 0.811. The number of halogens is 2. The van der Waals surface area contributed by atoms with Gasteiger partial charge in [-0.15, -0.1) is 0 Å². The van der Waals surface area contributed by atoms with Gasteiger partial charge in [0.05, 0.1) is 5.56 Å². The monoisotopic (exact) mass is 283 g/mol. The van der Waals surface area contributed by atoms with Crippen LogP contribution in [0, 0.1) is 11.6 Å². The first-order valence-electron chi connectivity index (χ1n) is 6.23. The molecule has 0 aliphatic carbocycles. The summed E-state index contributed by atoms with van der Waals surface area (Å²) in [5, 5.41) is 5.45. The predicted octanol–water partition coefficient (Wildman–Crippen LogP) is 0.125. The minimum Gasteiger partial charge on any atom is -0.357 e. The van der Waals surface area contributed by atoms with E-state index in [0.29, 0.717) is 6.54 Å². The first-order valence-corrected chi connectivity index (χ1v) is 6.23. The first-order chi connectivity index (χ1) is 9.54. The second-order valence-electron chi connectivity index (χ2n) is 4.46. The molecule has 2 amide bonds. The summed E-state index contributed by atoms with van der Waals surface area (Å²) < 4.78 is 26.8. The van der Waals surface area contributed by atoms with Crippen LogP contribution in [0.5, 0.6) is 0 Å². The number of nitrogens with one attached hydrogen (secondary N) is 2. The molecule has 1 aromatic rings. The summed E-state index contributed by atoms with van der Waals surface area (Å²) in [4.78, 5) is 25.3. The SMILES string of the molecule is CNC(=O)C1CNCCN1C(=O)c1cc(F)ccc1F. The van der Waals surface area contributed by atoms with Crippen molar-refractivity contribution in [3.63, 3.8) is 0 Å². The number of piperazine rings is 1. The van der Waals surface area contributed by atoms with E-state index < -0.39 is 23.6 Å². The van der Waals surface area contributed by atoms with E-state index in [1.807, 2.05) is 0 Å². The van der Waals surface area contributed by atoms with Crippen molar-refractivity contribution in [1.82, 2.24) is 15.5 Å². The molecule has 2 N–H and O–H groups in total. The van der Waals surface area contributed by atoms with Crippen molar-refractivity contribution in [2.24, 2.45) is 0 Å². The van der Waals surface area contributed by atoms with E-state index in [4.69, 9.17) is 0 Å². The molecule has 0 spiro atoms. The highest BCUT2D eigenvalue weighted by atomic mass is 19.1. The molecule has 1 unspecified atom stereocenters. The maximum absolute atomic E-state index is 13.7. The molecular weight excluding hydrogens is 268 g/mol. The molecule has 1 atom stereocenters. The average molecular weight is 283 g/mol. The van der Waals surface area contributed by atoms with Crippen molar-refractivity contribution in [3.8, 4) is 0 Å². The smallest absolute Gasteiger partial charge is 0.257 e. The zero-order valence-electron chi connectivity index (χ0n) is 11.0. The molecule has 1 aromatic carbocycles. The Morgan fingerprint density at radius 1 is 1.40 bits per heavy atom. The van der Waals surface area contributed by atoms with E-state index >= 15 is 0 Å². The highest BCUT2D eigenvalue weighted by Gasteiger charge is 2.33. The minimum absolute atomic E-state index is 0.257. The van der Waals surface area contributed by atoms with Gasteiger partial charge in [0.1, 0.15) is 17.7 Å². The van der Waals surface area contributed by atoms with Crippen molar-refractivity contribution < 1.29 is 18.4 Å². The molecule has 1 saturated heterocycles. The lowest BCUT2D eigenvalue weighted by Crippen LogP contribution is -2.59. The van der Waals surface area contributed by atoms with Gasteiger partial charge >= 0.3 is 0 Å². The second kappa shape index (κ2) is 5.96. The van der Waals surface area contributed by atoms with Crippen LogP contribution in [-0.4, -0.2) is 49.4 Å². The van der Waals surface area contributed by atoms with E-state index in [1.54, 1.807) is 0 Å². The van der Waals surface area contributed by atoms with Crippen LogP contribution in [0.4, 0.5) is 8.78 Å². The molecule has 0 bridgehead atoms. The summed E-state index contributed by atoms with van der Waals surface area (Å²) >= 11 is 0. The fourth-order valence-corrected chi connectivity index (χ4v) is 2.16. The maximum Gasteiger partial charge on any atom is 0.257 e. The first kappa shape index (κ1) is 14.4. The Kier molecular flexibility index (Phi) is 4.29. The standard InChI is InChI=1S/C13H15F2N3O2/c1-16-12(19)11-7-17-4-5-18(11)13(20)9-6-8(14)2-3-10(9)15/h2-3,6,11,17H,4-5,7H2,1H3,(H,16,19). The van der Waals surface area contributed by atoms with Crippen LogP contribution in [0.15, 0.2) is 18.2 Å². The van der Waals surface area contributed by atoms with Crippen LogP contribution in [0.1, 0.15) is 10.4 Å². The summed E-state index contributed by atoms with van der Waals surface area (Å²) in [5.74, 6) is -2.52. The normalized spacial score (nSPS) is 18.8. The van der Waals surface area contributed by atoms with Crippen LogP contribution >= 0.6 is 0 Å². The number of rotatable bonds is 2. The Bertz CT molecular complexity index is 536. The highest BCUT2D eigenvalue weighted by molar-refractivity contribution is 5.98. The Balaban J connectivity index is 2.30. The van der Waals surface area contributed by atoms with Gasteiger partial charge in [-0.1, -0.05) is 0 Å². The van der Waals surface area contributed by atoms with Gasteiger partial charge < -0.3 is 15.5 Å².